The van der Waals surface area contributed by atoms with Crippen molar-refractivity contribution < 1.29 is 0 Å². The maximum absolute atomic E-state index is 5.13. The molecule has 0 spiro atoms. The molecule has 0 bridgehead atoms. The zero-order valence-corrected chi connectivity index (χ0v) is 35.0. The monoisotopic (exact) mass is 817 g/mol. The number of aryl methyl sites for hydroxylation is 1. The Hall–Kier alpha value is -8.54. The first-order valence-electron chi connectivity index (χ1n) is 21.8. The van der Waals surface area contributed by atoms with Crippen molar-refractivity contribution in [3.8, 4) is 51.0 Å². The molecule has 5 heteroatoms. The Morgan fingerprint density at radius 2 is 0.656 bits per heavy atom. The smallest absolute Gasteiger partial charge is 0.160 e. The molecule has 64 heavy (non-hydrogen) atoms. The van der Waals surface area contributed by atoms with E-state index in [4.69, 9.17) is 9.97 Å². The van der Waals surface area contributed by atoms with Gasteiger partial charge in [0.05, 0.1) is 44.5 Å². The number of rotatable bonds is 6. The van der Waals surface area contributed by atoms with E-state index in [-0.39, 0.29) is 0 Å². The average molecular weight is 818 g/mol. The molecule has 4 aromatic heterocycles. The average Bonchev–Trinajstić information content (AvgIpc) is 3.99. The molecule has 4 heterocycles. The summed E-state index contributed by atoms with van der Waals surface area (Å²) in [4.78, 5) is 10.2. The lowest BCUT2D eigenvalue weighted by Crippen LogP contribution is -1.97. The van der Waals surface area contributed by atoms with Crippen LogP contribution in [0.2, 0.25) is 0 Å². The predicted octanol–water partition coefficient (Wildman–Crippen LogP) is 15.1. The molecule has 13 aromatic rings. The van der Waals surface area contributed by atoms with Gasteiger partial charge in [-0.25, -0.2) is 9.97 Å². The van der Waals surface area contributed by atoms with E-state index >= 15 is 0 Å². The summed E-state index contributed by atoms with van der Waals surface area (Å²) in [7, 11) is 0. The number of fused-ring (bicyclic) bond motifs is 9. The van der Waals surface area contributed by atoms with Crippen LogP contribution in [0.1, 0.15) is 5.56 Å². The van der Waals surface area contributed by atoms with Gasteiger partial charge in [0, 0.05) is 66.1 Å². The summed E-state index contributed by atoms with van der Waals surface area (Å²) in [5.74, 6) is 0.705. The minimum absolute atomic E-state index is 0.705. The van der Waals surface area contributed by atoms with Crippen LogP contribution in [-0.4, -0.2) is 23.7 Å². The molecule has 9 aromatic carbocycles. The van der Waals surface area contributed by atoms with Crippen molar-refractivity contribution in [2.45, 2.75) is 6.92 Å². The summed E-state index contributed by atoms with van der Waals surface area (Å²) in [6.45, 7) is 2.17. The first kappa shape index (κ1) is 36.1. The first-order valence-corrected chi connectivity index (χ1v) is 21.8. The molecule has 0 N–H and O–H groups in total. The number of nitrogens with zero attached hydrogens (tertiary/aromatic N) is 5. The second-order valence-electron chi connectivity index (χ2n) is 16.7. The molecule has 0 aliphatic heterocycles. The van der Waals surface area contributed by atoms with Gasteiger partial charge in [0.15, 0.2) is 5.82 Å². The molecule has 0 radical (unpaired) electrons. The normalized spacial score (nSPS) is 11.8. The Balaban J connectivity index is 1.02. The van der Waals surface area contributed by atoms with Gasteiger partial charge in [-0.15, -0.1) is 0 Å². The molecule has 0 aliphatic rings. The Morgan fingerprint density at radius 3 is 1.19 bits per heavy atom. The molecule has 0 unspecified atom stereocenters. The highest BCUT2D eigenvalue weighted by Crippen LogP contribution is 2.40. The molecule has 0 amide bonds. The molecule has 5 nitrogen and oxygen atoms in total. The summed E-state index contributed by atoms with van der Waals surface area (Å²) in [6, 6.07) is 78.5. The van der Waals surface area contributed by atoms with E-state index in [2.05, 4.69) is 215 Å². The van der Waals surface area contributed by atoms with Gasteiger partial charge in [-0.05, 0) is 91.9 Å². The number of hydrogen-bond donors (Lipinski definition) is 0. The van der Waals surface area contributed by atoms with E-state index in [9.17, 15) is 0 Å². The Kier molecular flexibility index (Phi) is 8.06. The fourth-order valence-corrected chi connectivity index (χ4v) is 9.97. The van der Waals surface area contributed by atoms with Gasteiger partial charge in [0.25, 0.3) is 0 Å². The van der Waals surface area contributed by atoms with E-state index in [1.807, 2.05) is 24.3 Å². The van der Waals surface area contributed by atoms with Crippen LogP contribution >= 0.6 is 0 Å². The minimum Gasteiger partial charge on any atom is -0.309 e. The molecule has 0 saturated heterocycles. The van der Waals surface area contributed by atoms with Crippen molar-refractivity contribution in [1.82, 2.24) is 23.7 Å². The Labute approximate surface area is 369 Å². The van der Waals surface area contributed by atoms with Crippen molar-refractivity contribution in [3.63, 3.8) is 0 Å². The van der Waals surface area contributed by atoms with Crippen molar-refractivity contribution in [2.24, 2.45) is 0 Å². The van der Waals surface area contributed by atoms with Crippen LogP contribution in [0.3, 0.4) is 0 Å². The largest absolute Gasteiger partial charge is 0.309 e. The molecule has 0 aliphatic carbocycles. The van der Waals surface area contributed by atoms with Gasteiger partial charge in [0.2, 0.25) is 0 Å². The third-order valence-corrected chi connectivity index (χ3v) is 12.9. The third kappa shape index (κ3) is 5.64. The Morgan fingerprint density at radius 1 is 0.281 bits per heavy atom. The van der Waals surface area contributed by atoms with Gasteiger partial charge < -0.3 is 13.7 Å². The quantitative estimate of drug-likeness (QED) is 0.168. The van der Waals surface area contributed by atoms with Crippen LogP contribution in [0.15, 0.2) is 218 Å². The number of hydrogen-bond acceptors (Lipinski definition) is 2. The van der Waals surface area contributed by atoms with Crippen molar-refractivity contribution in [3.05, 3.63) is 224 Å². The second-order valence-corrected chi connectivity index (χ2v) is 16.7. The van der Waals surface area contributed by atoms with Gasteiger partial charge in [-0.2, -0.15) is 0 Å². The van der Waals surface area contributed by atoms with E-state index < -0.39 is 0 Å². The molecular weight excluding hydrogens is 779 g/mol. The molecule has 300 valence electrons. The van der Waals surface area contributed by atoms with Crippen molar-refractivity contribution >= 4 is 65.4 Å². The highest BCUT2D eigenvalue weighted by molar-refractivity contribution is 6.14. The maximum atomic E-state index is 5.13. The summed E-state index contributed by atoms with van der Waals surface area (Å²) >= 11 is 0. The van der Waals surface area contributed by atoms with E-state index in [0.29, 0.717) is 5.82 Å². The zero-order chi connectivity index (χ0) is 42.3. The Bertz CT molecular complexity index is 3840. The summed E-state index contributed by atoms with van der Waals surface area (Å²) < 4.78 is 7.25. The lowest BCUT2D eigenvalue weighted by molar-refractivity contribution is 1.16. The first-order chi connectivity index (χ1) is 31.6. The number of aromatic nitrogens is 5. The SMILES string of the molecule is Cc1ccc2c(c1)c1ccccc1n2-c1ccc2c(c1)c1cc(-n3c4ccccc4c4ccccc43)ccc1n2-c1ccc(-c2cc(-c3ccccc3)nc(-c3ccccc3)n2)cc1. The third-order valence-electron chi connectivity index (χ3n) is 12.9. The molecule has 13 rings (SSSR count). The molecule has 0 fully saturated rings. The lowest BCUT2D eigenvalue weighted by atomic mass is 10.1. The van der Waals surface area contributed by atoms with Crippen molar-refractivity contribution in [1.29, 1.82) is 0 Å². The molecule has 0 saturated carbocycles. The summed E-state index contributed by atoms with van der Waals surface area (Å²) in [6.07, 6.45) is 0. The van der Waals surface area contributed by atoms with Crippen molar-refractivity contribution in [2.75, 3.05) is 0 Å². The standard InChI is InChI=1S/C59H39N5/c1-38-24-31-56-48(34-38)47-20-10-13-23-55(47)64(56)44-30-33-58-50(36-44)49-35-43(63-53-21-11-8-18-45(53)46-19-9-12-22-54(46)63)29-32-57(49)62(58)42-27-25-40(26-28-42)52-37-51(39-14-4-2-5-15-39)60-59(61-52)41-16-6-3-7-17-41/h2-37H,1H3. The van der Waals surface area contributed by atoms with Crippen LogP contribution in [0.4, 0.5) is 0 Å². The highest BCUT2D eigenvalue weighted by atomic mass is 15.0. The van der Waals surface area contributed by atoms with Crippen LogP contribution < -0.4 is 0 Å². The van der Waals surface area contributed by atoms with Gasteiger partial charge in [-0.3, -0.25) is 0 Å². The maximum Gasteiger partial charge on any atom is 0.160 e. The van der Waals surface area contributed by atoms with Gasteiger partial charge in [0.1, 0.15) is 0 Å². The zero-order valence-electron chi connectivity index (χ0n) is 35.0. The second kappa shape index (κ2) is 14.3. The number of para-hydroxylation sites is 3. The predicted molar refractivity (Wildman–Crippen MR) is 266 cm³/mol. The van der Waals surface area contributed by atoms with Crippen LogP contribution in [0.5, 0.6) is 0 Å². The summed E-state index contributed by atoms with van der Waals surface area (Å²) in [5.41, 5.74) is 16.5. The molecule has 0 atom stereocenters. The van der Waals surface area contributed by atoms with Gasteiger partial charge in [-0.1, -0.05) is 139 Å². The molecular formula is C59H39N5. The van der Waals surface area contributed by atoms with Crippen LogP contribution in [0.25, 0.3) is 116 Å². The van der Waals surface area contributed by atoms with Gasteiger partial charge >= 0.3 is 0 Å². The number of benzene rings is 9. The van der Waals surface area contributed by atoms with E-state index in [1.165, 1.54) is 59.9 Å². The van der Waals surface area contributed by atoms with Crippen LogP contribution in [0, 0.1) is 6.92 Å². The van der Waals surface area contributed by atoms with E-state index in [1.54, 1.807) is 0 Å². The summed E-state index contributed by atoms with van der Waals surface area (Å²) in [5, 5.41) is 7.40. The fraction of sp³-hybridized carbons (Fsp3) is 0.0169. The van der Waals surface area contributed by atoms with E-state index in [0.717, 1.165) is 56.2 Å². The topological polar surface area (TPSA) is 40.6 Å². The fourth-order valence-electron chi connectivity index (χ4n) is 9.97. The van der Waals surface area contributed by atoms with Crippen LogP contribution in [-0.2, 0) is 0 Å². The highest BCUT2D eigenvalue weighted by Gasteiger charge is 2.20. The lowest BCUT2D eigenvalue weighted by Gasteiger charge is -2.12. The minimum atomic E-state index is 0.705.